The number of likely N-dealkylation sites (N-methyl/N-ethyl adjacent to an activating group) is 1. The molecule has 1 aliphatic heterocycles. The maximum absolute atomic E-state index is 5.71. The second-order valence-electron chi connectivity index (χ2n) is 5.49. The van der Waals surface area contributed by atoms with Crippen molar-refractivity contribution in [1.82, 2.24) is 5.32 Å². The third-order valence-corrected chi connectivity index (χ3v) is 3.84. The summed E-state index contributed by atoms with van der Waals surface area (Å²) >= 11 is 0. The Morgan fingerprint density at radius 2 is 2.06 bits per heavy atom. The molecule has 3 atom stereocenters. The van der Waals surface area contributed by atoms with Gasteiger partial charge in [0, 0.05) is 12.0 Å². The summed E-state index contributed by atoms with van der Waals surface area (Å²) in [5, 5.41) is 3.63. The van der Waals surface area contributed by atoms with Crippen molar-refractivity contribution < 1.29 is 4.74 Å². The van der Waals surface area contributed by atoms with E-state index in [0.29, 0.717) is 18.1 Å². The van der Waals surface area contributed by atoms with E-state index in [1.807, 2.05) is 0 Å². The molecule has 1 aliphatic rings. The number of ether oxygens (including phenoxy) is 1. The first-order chi connectivity index (χ1) is 8.69. The van der Waals surface area contributed by atoms with Crippen molar-refractivity contribution in [1.29, 1.82) is 0 Å². The molecule has 3 unspecified atom stereocenters. The second-order valence-corrected chi connectivity index (χ2v) is 5.49. The van der Waals surface area contributed by atoms with Gasteiger partial charge in [0.2, 0.25) is 0 Å². The highest BCUT2D eigenvalue weighted by Crippen LogP contribution is 2.24. The monoisotopic (exact) mass is 247 g/mol. The van der Waals surface area contributed by atoms with Gasteiger partial charge in [-0.25, -0.2) is 0 Å². The summed E-state index contributed by atoms with van der Waals surface area (Å²) in [6, 6.07) is 9.44. The predicted octanol–water partition coefficient (Wildman–Crippen LogP) is 2.94. The van der Waals surface area contributed by atoms with E-state index >= 15 is 0 Å². The third kappa shape index (κ3) is 3.56. The SMILES string of the molecule is CCNC(Cc1ccc(C)cc1)C1COC(C)C1. The summed E-state index contributed by atoms with van der Waals surface area (Å²) in [5.41, 5.74) is 2.75. The molecule has 2 rings (SSSR count). The lowest BCUT2D eigenvalue weighted by atomic mass is 9.91. The average molecular weight is 247 g/mol. The van der Waals surface area contributed by atoms with Gasteiger partial charge >= 0.3 is 0 Å². The molecule has 1 heterocycles. The van der Waals surface area contributed by atoms with E-state index in [2.05, 4.69) is 50.4 Å². The first-order valence-corrected chi connectivity index (χ1v) is 7.09. The molecule has 1 aromatic carbocycles. The molecule has 1 N–H and O–H groups in total. The number of hydrogen-bond donors (Lipinski definition) is 1. The highest BCUT2D eigenvalue weighted by Gasteiger charge is 2.29. The van der Waals surface area contributed by atoms with Crippen LogP contribution in [0.3, 0.4) is 0 Å². The summed E-state index contributed by atoms with van der Waals surface area (Å²) in [6.07, 6.45) is 2.72. The van der Waals surface area contributed by atoms with Crippen LogP contribution < -0.4 is 5.32 Å². The largest absolute Gasteiger partial charge is 0.378 e. The molecule has 1 aromatic rings. The van der Waals surface area contributed by atoms with Crippen LogP contribution in [-0.4, -0.2) is 25.3 Å². The average Bonchev–Trinajstić information content (AvgIpc) is 2.78. The maximum Gasteiger partial charge on any atom is 0.0551 e. The Kier molecular flexibility index (Phi) is 4.79. The van der Waals surface area contributed by atoms with Crippen molar-refractivity contribution in [2.24, 2.45) is 5.92 Å². The summed E-state index contributed by atoms with van der Waals surface area (Å²) in [6.45, 7) is 8.43. The van der Waals surface area contributed by atoms with E-state index in [0.717, 1.165) is 19.6 Å². The maximum atomic E-state index is 5.71. The van der Waals surface area contributed by atoms with Crippen LogP contribution in [0.5, 0.6) is 0 Å². The van der Waals surface area contributed by atoms with Gasteiger partial charge in [0.1, 0.15) is 0 Å². The molecule has 0 radical (unpaired) electrons. The molecule has 2 nitrogen and oxygen atoms in total. The van der Waals surface area contributed by atoms with Gasteiger partial charge in [-0.15, -0.1) is 0 Å². The Bertz CT molecular complexity index is 360. The summed E-state index contributed by atoms with van der Waals surface area (Å²) in [7, 11) is 0. The lowest BCUT2D eigenvalue weighted by Gasteiger charge is -2.23. The molecule has 0 saturated carbocycles. The summed E-state index contributed by atoms with van der Waals surface area (Å²) in [4.78, 5) is 0. The highest BCUT2D eigenvalue weighted by molar-refractivity contribution is 5.22. The quantitative estimate of drug-likeness (QED) is 0.864. The normalized spacial score (nSPS) is 25.3. The van der Waals surface area contributed by atoms with Gasteiger partial charge in [-0.1, -0.05) is 36.8 Å². The smallest absolute Gasteiger partial charge is 0.0551 e. The van der Waals surface area contributed by atoms with Crippen LogP contribution >= 0.6 is 0 Å². The zero-order valence-electron chi connectivity index (χ0n) is 11.8. The molecule has 1 fully saturated rings. The van der Waals surface area contributed by atoms with Crippen LogP contribution in [0.15, 0.2) is 24.3 Å². The van der Waals surface area contributed by atoms with Crippen molar-refractivity contribution in [3.63, 3.8) is 0 Å². The van der Waals surface area contributed by atoms with Gasteiger partial charge < -0.3 is 10.1 Å². The van der Waals surface area contributed by atoms with Crippen LogP contribution in [0, 0.1) is 12.8 Å². The number of aryl methyl sites for hydroxylation is 1. The van der Waals surface area contributed by atoms with Crippen molar-refractivity contribution >= 4 is 0 Å². The first kappa shape index (κ1) is 13.6. The zero-order chi connectivity index (χ0) is 13.0. The standard InChI is InChI=1S/C16H25NO/c1-4-17-16(15-9-13(3)18-11-15)10-14-7-5-12(2)6-8-14/h5-8,13,15-17H,4,9-11H2,1-3H3. The fraction of sp³-hybridized carbons (Fsp3) is 0.625. The molecule has 0 spiro atoms. The lowest BCUT2D eigenvalue weighted by molar-refractivity contribution is 0.117. The number of benzene rings is 1. The fourth-order valence-electron chi connectivity index (χ4n) is 2.78. The van der Waals surface area contributed by atoms with E-state index < -0.39 is 0 Å². The fourth-order valence-corrected chi connectivity index (χ4v) is 2.78. The molecular formula is C16H25NO. The predicted molar refractivity (Wildman–Crippen MR) is 75.9 cm³/mol. The second kappa shape index (κ2) is 6.35. The molecule has 2 heteroatoms. The Labute approximate surface area is 111 Å². The third-order valence-electron chi connectivity index (χ3n) is 3.84. The molecule has 0 aliphatic carbocycles. The number of rotatable bonds is 5. The zero-order valence-corrected chi connectivity index (χ0v) is 11.8. The van der Waals surface area contributed by atoms with E-state index in [1.165, 1.54) is 17.5 Å². The summed E-state index contributed by atoms with van der Waals surface area (Å²) in [5.74, 6) is 0.654. The van der Waals surface area contributed by atoms with Gasteiger partial charge in [0.25, 0.3) is 0 Å². The van der Waals surface area contributed by atoms with Gasteiger partial charge in [-0.2, -0.15) is 0 Å². The Hall–Kier alpha value is -0.860. The minimum Gasteiger partial charge on any atom is -0.378 e. The van der Waals surface area contributed by atoms with Crippen molar-refractivity contribution in [3.05, 3.63) is 35.4 Å². The molecule has 0 amide bonds. The number of nitrogens with one attached hydrogen (secondary N) is 1. The minimum atomic E-state index is 0.425. The van der Waals surface area contributed by atoms with Crippen molar-refractivity contribution in [3.8, 4) is 0 Å². The minimum absolute atomic E-state index is 0.425. The van der Waals surface area contributed by atoms with Crippen LogP contribution in [-0.2, 0) is 11.2 Å². The molecule has 18 heavy (non-hydrogen) atoms. The van der Waals surface area contributed by atoms with E-state index in [9.17, 15) is 0 Å². The number of hydrogen-bond acceptors (Lipinski definition) is 2. The van der Waals surface area contributed by atoms with E-state index in [-0.39, 0.29) is 0 Å². The van der Waals surface area contributed by atoms with Crippen LogP contribution in [0.25, 0.3) is 0 Å². The van der Waals surface area contributed by atoms with Gasteiger partial charge in [0.15, 0.2) is 0 Å². The summed E-state index contributed by atoms with van der Waals surface area (Å²) < 4.78 is 5.71. The topological polar surface area (TPSA) is 21.3 Å². The van der Waals surface area contributed by atoms with Gasteiger partial charge in [0.05, 0.1) is 12.7 Å². The van der Waals surface area contributed by atoms with Gasteiger partial charge in [-0.05, 0) is 38.8 Å². The molecule has 1 saturated heterocycles. The molecule has 100 valence electrons. The van der Waals surface area contributed by atoms with E-state index in [1.54, 1.807) is 0 Å². The Balaban J connectivity index is 1.99. The first-order valence-electron chi connectivity index (χ1n) is 7.09. The molecule has 0 bridgehead atoms. The van der Waals surface area contributed by atoms with Gasteiger partial charge in [-0.3, -0.25) is 0 Å². The molecule has 0 aromatic heterocycles. The van der Waals surface area contributed by atoms with Crippen molar-refractivity contribution in [2.45, 2.75) is 45.8 Å². The van der Waals surface area contributed by atoms with Crippen LogP contribution in [0.1, 0.15) is 31.4 Å². The van der Waals surface area contributed by atoms with Crippen molar-refractivity contribution in [2.75, 3.05) is 13.2 Å². The van der Waals surface area contributed by atoms with Crippen LogP contribution in [0.2, 0.25) is 0 Å². The lowest BCUT2D eigenvalue weighted by Crippen LogP contribution is -2.38. The van der Waals surface area contributed by atoms with Crippen LogP contribution in [0.4, 0.5) is 0 Å². The van der Waals surface area contributed by atoms with E-state index in [4.69, 9.17) is 4.74 Å². The Morgan fingerprint density at radius 3 is 2.61 bits per heavy atom. The Morgan fingerprint density at radius 1 is 1.33 bits per heavy atom. The highest BCUT2D eigenvalue weighted by atomic mass is 16.5. The molecular weight excluding hydrogens is 222 g/mol.